The Labute approximate surface area is 115 Å². The van der Waals surface area contributed by atoms with E-state index in [2.05, 4.69) is 4.98 Å². The van der Waals surface area contributed by atoms with Crippen LogP contribution in [0.5, 0.6) is 11.6 Å². The van der Waals surface area contributed by atoms with Gasteiger partial charge in [0.15, 0.2) is 0 Å². The fourth-order valence-electron chi connectivity index (χ4n) is 1.76. The molecule has 1 heterocycles. The molecule has 0 spiro atoms. The van der Waals surface area contributed by atoms with Gasteiger partial charge < -0.3 is 4.74 Å². The first-order chi connectivity index (χ1) is 9.54. The zero-order valence-corrected chi connectivity index (χ0v) is 11.0. The molecule has 1 aromatic heterocycles. The first-order valence-corrected chi connectivity index (χ1v) is 5.82. The van der Waals surface area contributed by atoms with Gasteiger partial charge in [-0.1, -0.05) is 12.1 Å². The number of pyridine rings is 1. The van der Waals surface area contributed by atoms with E-state index >= 15 is 0 Å². The van der Waals surface area contributed by atoms with Gasteiger partial charge in [-0.05, 0) is 31.0 Å². The number of hydrogen-bond donors (Lipinski definition) is 0. The Morgan fingerprint density at radius 3 is 2.70 bits per heavy atom. The van der Waals surface area contributed by atoms with Crippen LogP contribution in [0.2, 0.25) is 0 Å². The molecule has 0 N–H and O–H groups in total. The third kappa shape index (κ3) is 2.42. The Balaban J connectivity index is 2.54. The summed E-state index contributed by atoms with van der Waals surface area (Å²) < 4.78 is 5.53. The van der Waals surface area contributed by atoms with E-state index in [0.717, 1.165) is 0 Å². The van der Waals surface area contributed by atoms with Crippen molar-refractivity contribution in [2.45, 2.75) is 13.8 Å². The van der Waals surface area contributed by atoms with Gasteiger partial charge >= 0.3 is 5.69 Å². The highest BCUT2D eigenvalue weighted by Crippen LogP contribution is 2.35. The van der Waals surface area contributed by atoms with E-state index in [1.807, 2.05) is 6.07 Å². The average Bonchev–Trinajstić information content (AvgIpc) is 2.41. The smallest absolute Gasteiger partial charge is 0.311 e. The van der Waals surface area contributed by atoms with Crippen LogP contribution < -0.4 is 4.74 Å². The number of hydrogen-bond acceptors (Lipinski definition) is 5. The van der Waals surface area contributed by atoms with Crippen LogP contribution in [0.15, 0.2) is 30.5 Å². The summed E-state index contributed by atoms with van der Waals surface area (Å²) in [5, 5.41) is 20.1. The van der Waals surface area contributed by atoms with E-state index in [0.29, 0.717) is 11.1 Å². The number of nitro groups is 1. The number of aromatic nitrogens is 1. The third-order valence-electron chi connectivity index (χ3n) is 2.82. The molecule has 0 aliphatic rings. The molecule has 6 nitrogen and oxygen atoms in total. The Morgan fingerprint density at radius 2 is 2.05 bits per heavy atom. The van der Waals surface area contributed by atoms with Crippen LogP contribution in [-0.2, 0) is 0 Å². The molecule has 6 heteroatoms. The molecule has 0 saturated carbocycles. The number of nitriles is 1. The van der Waals surface area contributed by atoms with Crippen molar-refractivity contribution in [3.63, 3.8) is 0 Å². The molecule has 2 aromatic rings. The van der Waals surface area contributed by atoms with Gasteiger partial charge in [-0.2, -0.15) is 5.26 Å². The van der Waals surface area contributed by atoms with Crippen LogP contribution >= 0.6 is 0 Å². The Morgan fingerprint density at radius 1 is 1.30 bits per heavy atom. The van der Waals surface area contributed by atoms with Gasteiger partial charge in [0.25, 0.3) is 0 Å². The van der Waals surface area contributed by atoms with Gasteiger partial charge in [0, 0.05) is 12.3 Å². The molecule has 0 amide bonds. The highest BCUT2D eigenvalue weighted by molar-refractivity contribution is 5.54. The molecule has 0 saturated heterocycles. The lowest BCUT2D eigenvalue weighted by Crippen LogP contribution is -1.99. The number of aryl methyl sites for hydroxylation is 2. The van der Waals surface area contributed by atoms with Crippen LogP contribution in [0, 0.1) is 35.3 Å². The van der Waals surface area contributed by atoms with Crippen molar-refractivity contribution in [1.82, 2.24) is 4.98 Å². The SMILES string of the molecule is Cc1ccnc(Oc2c(C)cccc2[N+](=O)[O-])c1C#N. The molecule has 0 fully saturated rings. The quantitative estimate of drug-likeness (QED) is 0.630. The summed E-state index contributed by atoms with van der Waals surface area (Å²) in [7, 11) is 0. The molecular formula is C14H11N3O3. The summed E-state index contributed by atoms with van der Waals surface area (Å²) in [5.74, 6) is 0.178. The van der Waals surface area contributed by atoms with Gasteiger partial charge in [0.2, 0.25) is 11.6 Å². The van der Waals surface area contributed by atoms with Crippen LogP contribution in [0.1, 0.15) is 16.7 Å². The zero-order valence-electron chi connectivity index (χ0n) is 11.0. The largest absolute Gasteiger partial charge is 0.430 e. The molecule has 0 atom stereocenters. The number of rotatable bonds is 3. The molecule has 0 radical (unpaired) electrons. The Bertz CT molecular complexity index is 720. The van der Waals surface area contributed by atoms with Crippen molar-refractivity contribution in [2.24, 2.45) is 0 Å². The molecule has 100 valence electrons. The maximum atomic E-state index is 11.0. The lowest BCUT2D eigenvalue weighted by molar-refractivity contribution is -0.385. The van der Waals surface area contributed by atoms with Crippen molar-refractivity contribution in [3.8, 4) is 17.7 Å². The first-order valence-electron chi connectivity index (χ1n) is 5.82. The summed E-state index contributed by atoms with van der Waals surface area (Å²) in [4.78, 5) is 14.5. The molecular weight excluding hydrogens is 258 g/mol. The fourth-order valence-corrected chi connectivity index (χ4v) is 1.76. The highest BCUT2D eigenvalue weighted by atomic mass is 16.6. The number of para-hydroxylation sites is 1. The minimum Gasteiger partial charge on any atom is -0.430 e. The number of nitro benzene ring substituents is 1. The molecule has 1 aromatic carbocycles. The Hall–Kier alpha value is -2.94. The van der Waals surface area contributed by atoms with Gasteiger partial charge in [0.05, 0.1) is 4.92 Å². The molecule has 2 rings (SSSR count). The van der Waals surface area contributed by atoms with E-state index in [1.54, 1.807) is 32.0 Å². The predicted octanol–water partition coefficient (Wildman–Crippen LogP) is 3.27. The molecule has 0 unspecified atom stereocenters. The van der Waals surface area contributed by atoms with Crippen LogP contribution in [0.25, 0.3) is 0 Å². The summed E-state index contributed by atoms with van der Waals surface area (Å²) in [6.45, 7) is 3.45. The van der Waals surface area contributed by atoms with Crippen molar-refractivity contribution in [3.05, 3.63) is 57.3 Å². The fraction of sp³-hybridized carbons (Fsp3) is 0.143. The standard InChI is InChI=1S/C14H11N3O3/c1-9-6-7-16-14(11(9)8-15)20-13-10(2)4-3-5-12(13)17(18)19/h3-7H,1-2H3. The molecule has 0 aliphatic carbocycles. The van der Waals surface area contributed by atoms with Crippen LogP contribution in [0.3, 0.4) is 0 Å². The summed E-state index contributed by atoms with van der Waals surface area (Å²) in [5.41, 5.74) is 1.42. The molecule has 0 aliphatic heterocycles. The van der Waals surface area contributed by atoms with Crippen molar-refractivity contribution >= 4 is 5.69 Å². The van der Waals surface area contributed by atoms with Crippen molar-refractivity contribution in [1.29, 1.82) is 5.26 Å². The van der Waals surface area contributed by atoms with Crippen molar-refractivity contribution in [2.75, 3.05) is 0 Å². The maximum Gasteiger partial charge on any atom is 0.311 e. The third-order valence-corrected chi connectivity index (χ3v) is 2.82. The second-order valence-electron chi connectivity index (χ2n) is 4.20. The second kappa shape index (κ2) is 5.36. The second-order valence-corrected chi connectivity index (χ2v) is 4.20. The highest BCUT2D eigenvalue weighted by Gasteiger charge is 2.20. The van der Waals surface area contributed by atoms with Crippen LogP contribution in [0.4, 0.5) is 5.69 Å². The normalized spacial score (nSPS) is 9.85. The molecule has 0 bridgehead atoms. The zero-order chi connectivity index (χ0) is 14.7. The number of benzene rings is 1. The minimum absolute atomic E-state index is 0.0740. The van der Waals surface area contributed by atoms with E-state index in [9.17, 15) is 10.1 Å². The van der Waals surface area contributed by atoms with Gasteiger partial charge in [-0.3, -0.25) is 10.1 Å². The minimum atomic E-state index is -0.524. The lowest BCUT2D eigenvalue weighted by Gasteiger charge is -2.10. The summed E-state index contributed by atoms with van der Waals surface area (Å²) in [6.07, 6.45) is 1.50. The average molecular weight is 269 g/mol. The van der Waals surface area contributed by atoms with E-state index in [4.69, 9.17) is 10.00 Å². The van der Waals surface area contributed by atoms with Crippen LogP contribution in [-0.4, -0.2) is 9.91 Å². The van der Waals surface area contributed by atoms with E-state index in [-0.39, 0.29) is 22.9 Å². The van der Waals surface area contributed by atoms with Gasteiger partial charge in [-0.25, -0.2) is 4.98 Å². The molecule has 20 heavy (non-hydrogen) atoms. The number of ether oxygens (including phenoxy) is 1. The first kappa shape index (κ1) is 13.5. The van der Waals surface area contributed by atoms with Gasteiger partial charge in [0.1, 0.15) is 11.6 Å². The van der Waals surface area contributed by atoms with Crippen molar-refractivity contribution < 1.29 is 9.66 Å². The Kier molecular flexibility index (Phi) is 3.62. The number of nitrogens with zero attached hydrogens (tertiary/aromatic N) is 3. The van der Waals surface area contributed by atoms with E-state index in [1.165, 1.54) is 12.3 Å². The summed E-state index contributed by atoms with van der Waals surface area (Å²) >= 11 is 0. The van der Waals surface area contributed by atoms with Gasteiger partial charge in [-0.15, -0.1) is 0 Å². The topological polar surface area (TPSA) is 89.1 Å². The lowest BCUT2D eigenvalue weighted by atomic mass is 10.1. The monoisotopic (exact) mass is 269 g/mol. The summed E-state index contributed by atoms with van der Waals surface area (Å²) in [6, 6.07) is 8.30. The van der Waals surface area contributed by atoms with E-state index < -0.39 is 4.92 Å². The maximum absolute atomic E-state index is 11.0. The predicted molar refractivity (Wildman–Crippen MR) is 71.6 cm³/mol.